The molecule has 6 nitrogen and oxygen atoms in total. The first kappa shape index (κ1) is 24.7. The molecule has 2 fully saturated rings. The van der Waals surface area contributed by atoms with Crippen LogP contribution in [0.4, 0.5) is 0 Å². The molecule has 6 heteroatoms. The van der Waals surface area contributed by atoms with Gasteiger partial charge >= 0.3 is 0 Å². The Labute approximate surface area is 192 Å². The van der Waals surface area contributed by atoms with Gasteiger partial charge in [-0.1, -0.05) is 51.1 Å². The third-order valence-electron chi connectivity index (χ3n) is 8.18. The molecule has 0 heterocycles. The topological polar surface area (TPSA) is 78.9 Å². The Bertz CT molecular complexity index is 785. The quantitative estimate of drug-likeness (QED) is 0.677. The predicted molar refractivity (Wildman–Crippen MR) is 125 cm³/mol. The standard InChI is InChI=1S/C26H40N2O4/c1-17(25(31)28(4)15-19-9-7-6-8-10-19)20-11-13-26(3)14-12-21(27-22(29)16-32-5)18(2)23(26)24(20)30/h6-10,17-18,20-21,23-24,30H,11-16H2,1-5H3,(H,27,29)/t17-,18+,20?,21-,23+,24-,26-/m0/s1. The molecule has 178 valence electrons. The summed E-state index contributed by atoms with van der Waals surface area (Å²) in [6.45, 7) is 6.99. The molecule has 7 atom stereocenters. The summed E-state index contributed by atoms with van der Waals surface area (Å²) in [6, 6.07) is 10.0. The van der Waals surface area contributed by atoms with E-state index in [1.807, 2.05) is 44.3 Å². The van der Waals surface area contributed by atoms with E-state index < -0.39 is 6.10 Å². The highest BCUT2D eigenvalue weighted by Crippen LogP contribution is 2.55. The van der Waals surface area contributed by atoms with Crippen molar-refractivity contribution in [2.45, 2.75) is 65.1 Å². The van der Waals surface area contributed by atoms with Gasteiger partial charge in [0.15, 0.2) is 0 Å². The van der Waals surface area contributed by atoms with E-state index in [4.69, 9.17) is 4.74 Å². The number of fused-ring (bicyclic) bond motifs is 1. The SMILES string of the molecule is COCC(=O)N[C@H]1CC[C@]2(C)CCC([C@H](C)C(=O)N(C)Cc3ccccc3)[C@H](O)[C@H]2[C@@H]1C. The number of aliphatic hydroxyl groups is 1. The number of carbonyl (C=O) groups is 2. The van der Waals surface area contributed by atoms with Crippen LogP contribution < -0.4 is 5.32 Å². The molecule has 2 aliphatic carbocycles. The van der Waals surface area contributed by atoms with Crippen LogP contribution in [0.15, 0.2) is 30.3 Å². The Hall–Kier alpha value is -1.92. The average Bonchev–Trinajstić information content (AvgIpc) is 2.76. The van der Waals surface area contributed by atoms with E-state index in [2.05, 4.69) is 19.2 Å². The molecule has 32 heavy (non-hydrogen) atoms. The minimum absolute atomic E-state index is 0.0240. The smallest absolute Gasteiger partial charge is 0.246 e. The summed E-state index contributed by atoms with van der Waals surface area (Å²) in [5, 5.41) is 14.6. The molecule has 0 aromatic heterocycles. The second-order valence-electron chi connectivity index (χ2n) is 10.3. The van der Waals surface area contributed by atoms with Crippen LogP contribution in [-0.4, -0.2) is 54.7 Å². The second kappa shape index (κ2) is 10.3. The number of rotatable bonds is 7. The van der Waals surface area contributed by atoms with Crippen LogP contribution in [0.25, 0.3) is 0 Å². The molecule has 1 aromatic carbocycles. The lowest BCUT2D eigenvalue weighted by Crippen LogP contribution is -2.58. The fourth-order valence-electron chi connectivity index (χ4n) is 6.34. The van der Waals surface area contributed by atoms with Gasteiger partial charge in [-0.25, -0.2) is 0 Å². The van der Waals surface area contributed by atoms with Gasteiger partial charge < -0.3 is 20.1 Å². The van der Waals surface area contributed by atoms with E-state index in [0.29, 0.717) is 6.54 Å². The summed E-state index contributed by atoms with van der Waals surface area (Å²) in [4.78, 5) is 27.1. The molecule has 0 radical (unpaired) electrons. The fraction of sp³-hybridized carbons (Fsp3) is 0.692. The monoisotopic (exact) mass is 444 g/mol. The minimum atomic E-state index is -0.560. The van der Waals surface area contributed by atoms with Gasteiger partial charge in [-0.2, -0.15) is 0 Å². The van der Waals surface area contributed by atoms with Crippen molar-refractivity contribution in [3.63, 3.8) is 0 Å². The van der Waals surface area contributed by atoms with Gasteiger partial charge in [-0.3, -0.25) is 9.59 Å². The Morgan fingerprint density at radius 2 is 1.91 bits per heavy atom. The minimum Gasteiger partial charge on any atom is -0.392 e. The summed E-state index contributed by atoms with van der Waals surface area (Å²) in [6.07, 6.45) is 3.18. The summed E-state index contributed by atoms with van der Waals surface area (Å²) >= 11 is 0. The number of nitrogens with zero attached hydrogens (tertiary/aromatic N) is 1. The lowest BCUT2D eigenvalue weighted by Gasteiger charge is -2.56. The number of methoxy groups -OCH3 is 1. The van der Waals surface area contributed by atoms with Crippen molar-refractivity contribution in [1.29, 1.82) is 0 Å². The summed E-state index contributed by atoms with van der Waals surface area (Å²) in [5.41, 5.74) is 1.14. The van der Waals surface area contributed by atoms with E-state index in [-0.39, 0.29) is 53.5 Å². The predicted octanol–water partition coefficient (Wildman–Crippen LogP) is 3.24. The molecule has 2 aliphatic rings. The number of aliphatic hydroxyl groups excluding tert-OH is 1. The van der Waals surface area contributed by atoms with Gasteiger partial charge in [0.05, 0.1) is 6.10 Å². The molecule has 3 rings (SSSR count). The number of carbonyl (C=O) groups excluding carboxylic acids is 2. The Morgan fingerprint density at radius 3 is 2.56 bits per heavy atom. The van der Waals surface area contributed by atoms with Gasteiger partial charge in [-0.15, -0.1) is 0 Å². The molecule has 2 amide bonds. The lowest BCUT2D eigenvalue weighted by atomic mass is 9.51. The Balaban J connectivity index is 1.70. The molecule has 1 unspecified atom stereocenters. The van der Waals surface area contributed by atoms with E-state index in [1.165, 1.54) is 7.11 Å². The number of ether oxygens (including phenoxy) is 1. The van der Waals surface area contributed by atoms with Crippen molar-refractivity contribution in [1.82, 2.24) is 10.2 Å². The Morgan fingerprint density at radius 1 is 1.25 bits per heavy atom. The molecule has 2 saturated carbocycles. The molecule has 0 aliphatic heterocycles. The number of benzene rings is 1. The van der Waals surface area contributed by atoms with Crippen LogP contribution in [0.1, 0.15) is 52.0 Å². The third kappa shape index (κ3) is 5.18. The first-order chi connectivity index (χ1) is 15.2. The van der Waals surface area contributed by atoms with Crippen molar-refractivity contribution in [2.75, 3.05) is 20.8 Å². The van der Waals surface area contributed by atoms with Crippen molar-refractivity contribution in [3.8, 4) is 0 Å². The first-order valence-corrected chi connectivity index (χ1v) is 11.9. The molecule has 2 N–H and O–H groups in total. The van der Waals surface area contributed by atoms with Crippen LogP contribution in [0.3, 0.4) is 0 Å². The zero-order valence-electron chi connectivity index (χ0n) is 20.2. The molecule has 0 spiro atoms. The van der Waals surface area contributed by atoms with E-state index >= 15 is 0 Å². The zero-order chi connectivity index (χ0) is 23.5. The number of amides is 2. The summed E-state index contributed by atoms with van der Waals surface area (Å²) in [5.74, 6) is -0.168. The third-order valence-corrected chi connectivity index (χ3v) is 8.18. The average molecular weight is 445 g/mol. The van der Waals surface area contributed by atoms with Gasteiger partial charge in [0.1, 0.15) is 6.61 Å². The molecule has 1 aromatic rings. The maximum Gasteiger partial charge on any atom is 0.246 e. The maximum atomic E-state index is 13.2. The van der Waals surface area contributed by atoms with Crippen molar-refractivity contribution in [2.24, 2.45) is 29.1 Å². The van der Waals surface area contributed by atoms with Crippen molar-refractivity contribution >= 4 is 11.8 Å². The van der Waals surface area contributed by atoms with Gasteiger partial charge in [0.2, 0.25) is 11.8 Å². The van der Waals surface area contributed by atoms with Crippen LogP contribution in [0.2, 0.25) is 0 Å². The van der Waals surface area contributed by atoms with Crippen LogP contribution >= 0.6 is 0 Å². The van der Waals surface area contributed by atoms with Crippen molar-refractivity contribution < 1.29 is 19.4 Å². The van der Waals surface area contributed by atoms with Gasteiger partial charge in [-0.05, 0) is 54.4 Å². The molecular formula is C26H40N2O4. The second-order valence-corrected chi connectivity index (χ2v) is 10.3. The normalized spacial score (nSPS) is 33.1. The summed E-state index contributed by atoms with van der Waals surface area (Å²) < 4.78 is 4.96. The molecular weight excluding hydrogens is 404 g/mol. The maximum absolute atomic E-state index is 13.2. The molecule has 0 saturated heterocycles. The summed E-state index contributed by atoms with van der Waals surface area (Å²) in [7, 11) is 3.36. The van der Waals surface area contributed by atoms with Gasteiger partial charge in [0, 0.05) is 32.7 Å². The number of nitrogens with one attached hydrogen (secondary N) is 1. The van der Waals surface area contributed by atoms with Crippen LogP contribution in [-0.2, 0) is 20.9 Å². The highest BCUT2D eigenvalue weighted by molar-refractivity contribution is 5.78. The van der Waals surface area contributed by atoms with Crippen molar-refractivity contribution in [3.05, 3.63) is 35.9 Å². The highest BCUT2D eigenvalue weighted by atomic mass is 16.5. The van der Waals surface area contributed by atoms with E-state index in [1.54, 1.807) is 4.90 Å². The lowest BCUT2D eigenvalue weighted by molar-refractivity contribution is -0.150. The van der Waals surface area contributed by atoms with E-state index in [0.717, 1.165) is 31.2 Å². The molecule has 0 bridgehead atoms. The number of hydrogen-bond acceptors (Lipinski definition) is 4. The zero-order valence-corrected chi connectivity index (χ0v) is 20.2. The van der Waals surface area contributed by atoms with Gasteiger partial charge in [0.25, 0.3) is 0 Å². The Kier molecular flexibility index (Phi) is 7.99. The number of hydrogen-bond donors (Lipinski definition) is 2. The fourth-order valence-corrected chi connectivity index (χ4v) is 6.34. The van der Waals surface area contributed by atoms with E-state index in [9.17, 15) is 14.7 Å². The van der Waals surface area contributed by atoms with Crippen LogP contribution in [0.5, 0.6) is 0 Å². The largest absolute Gasteiger partial charge is 0.392 e. The highest BCUT2D eigenvalue weighted by Gasteiger charge is 2.54. The van der Waals surface area contributed by atoms with Crippen LogP contribution in [0, 0.1) is 29.1 Å². The first-order valence-electron chi connectivity index (χ1n) is 11.9.